The standard InChI is InChI=1S/C23H28N4O4/c1-4-31-23(29)19(14-17-7-9-18(30-3)10-8-17)26-22(28)6-5-13-27-16(2)25-20-15-24-12-11-21(20)27/h7-12,15,19H,4-6,13-14H2,1-3H3,(H,26,28)/t19-/m0/s1. The summed E-state index contributed by atoms with van der Waals surface area (Å²) in [7, 11) is 1.60. The molecule has 0 spiro atoms. The molecule has 2 aromatic heterocycles. The van der Waals surface area contributed by atoms with Gasteiger partial charge in [0, 0.05) is 25.6 Å². The van der Waals surface area contributed by atoms with Crippen molar-refractivity contribution < 1.29 is 19.1 Å². The number of hydrogen-bond acceptors (Lipinski definition) is 6. The SMILES string of the molecule is CCOC(=O)[C@H](Cc1ccc(OC)cc1)NC(=O)CCCn1c(C)nc2cnccc21. The van der Waals surface area contributed by atoms with E-state index >= 15 is 0 Å². The summed E-state index contributed by atoms with van der Waals surface area (Å²) >= 11 is 0. The number of amides is 1. The van der Waals surface area contributed by atoms with Gasteiger partial charge >= 0.3 is 5.97 Å². The first kappa shape index (κ1) is 22.3. The van der Waals surface area contributed by atoms with Crippen molar-refractivity contribution in [1.82, 2.24) is 19.9 Å². The fraction of sp³-hybridized carbons (Fsp3) is 0.391. The molecule has 3 rings (SSSR count). The third-order valence-electron chi connectivity index (χ3n) is 5.03. The van der Waals surface area contributed by atoms with Crippen LogP contribution in [0.15, 0.2) is 42.7 Å². The Labute approximate surface area is 181 Å². The van der Waals surface area contributed by atoms with Gasteiger partial charge in [0.05, 0.1) is 25.4 Å². The summed E-state index contributed by atoms with van der Waals surface area (Å²) in [6, 6.07) is 8.58. The van der Waals surface area contributed by atoms with Gasteiger partial charge in [-0.15, -0.1) is 0 Å². The van der Waals surface area contributed by atoms with Crippen LogP contribution in [-0.4, -0.2) is 46.2 Å². The van der Waals surface area contributed by atoms with Crippen molar-refractivity contribution in [1.29, 1.82) is 0 Å². The van der Waals surface area contributed by atoms with Gasteiger partial charge in [-0.1, -0.05) is 12.1 Å². The number of pyridine rings is 1. The van der Waals surface area contributed by atoms with E-state index < -0.39 is 12.0 Å². The number of carbonyl (C=O) groups excluding carboxylic acids is 2. The fourth-order valence-corrected chi connectivity index (χ4v) is 3.48. The highest BCUT2D eigenvalue weighted by molar-refractivity contribution is 5.84. The lowest BCUT2D eigenvalue weighted by atomic mass is 10.1. The van der Waals surface area contributed by atoms with Gasteiger partial charge in [-0.2, -0.15) is 0 Å². The summed E-state index contributed by atoms with van der Waals surface area (Å²) in [5, 5.41) is 2.83. The van der Waals surface area contributed by atoms with Gasteiger partial charge in [0.25, 0.3) is 0 Å². The first-order valence-electron chi connectivity index (χ1n) is 10.4. The molecule has 31 heavy (non-hydrogen) atoms. The van der Waals surface area contributed by atoms with E-state index in [1.54, 1.807) is 26.4 Å². The van der Waals surface area contributed by atoms with Gasteiger partial charge in [-0.25, -0.2) is 9.78 Å². The normalized spacial score (nSPS) is 11.8. The number of esters is 1. The summed E-state index contributed by atoms with van der Waals surface area (Å²) < 4.78 is 12.4. The summed E-state index contributed by atoms with van der Waals surface area (Å²) in [5.74, 6) is 0.997. The number of imidazole rings is 1. The molecule has 2 heterocycles. The molecular formula is C23H28N4O4. The summed E-state index contributed by atoms with van der Waals surface area (Å²) in [4.78, 5) is 33.5. The predicted octanol–water partition coefficient (Wildman–Crippen LogP) is 2.82. The Hall–Kier alpha value is -3.42. The van der Waals surface area contributed by atoms with Crippen molar-refractivity contribution in [2.24, 2.45) is 0 Å². The number of nitrogens with zero attached hydrogens (tertiary/aromatic N) is 3. The van der Waals surface area contributed by atoms with Crippen LogP contribution < -0.4 is 10.1 Å². The molecule has 0 unspecified atom stereocenters. The Morgan fingerprint density at radius 2 is 1.97 bits per heavy atom. The molecule has 0 aliphatic rings. The van der Waals surface area contributed by atoms with Crippen LogP contribution in [0.3, 0.4) is 0 Å². The number of benzene rings is 1. The fourth-order valence-electron chi connectivity index (χ4n) is 3.48. The minimum atomic E-state index is -0.734. The summed E-state index contributed by atoms with van der Waals surface area (Å²) in [5.41, 5.74) is 2.75. The molecule has 8 heteroatoms. The van der Waals surface area contributed by atoms with Crippen LogP contribution in [0.4, 0.5) is 0 Å². The Balaban J connectivity index is 1.58. The van der Waals surface area contributed by atoms with Gasteiger partial charge in [0.15, 0.2) is 0 Å². The average Bonchev–Trinajstić information content (AvgIpc) is 3.09. The molecule has 8 nitrogen and oxygen atoms in total. The van der Waals surface area contributed by atoms with Crippen molar-refractivity contribution >= 4 is 22.9 Å². The minimum Gasteiger partial charge on any atom is -0.497 e. The molecule has 3 aromatic rings. The van der Waals surface area contributed by atoms with Gasteiger partial charge in [0.1, 0.15) is 23.1 Å². The molecule has 1 atom stereocenters. The second kappa shape index (κ2) is 10.6. The molecule has 0 saturated carbocycles. The summed E-state index contributed by atoms with van der Waals surface area (Å²) in [6.45, 7) is 4.60. The Morgan fingerprint density at radius 1 is 1.19 bits per heavy atom. The zero-order valence-corrected chi connectivity index (χ0v) is 18.1. The first-order chi connectivity index (χ1) is 15.0. The van der Waals surface area contributed by atoms with Crippen LogP contribution in [0.1, 0.15) is 31.2 Å². The number of nitrogens with one attached hydrogen (secondary N) is 1. The van der Waals surface area contributed by atoms with Crippen molar-refractivity contribution in [2.45, 2.75) is 45.7 Å². The lowest BCUT2D eigenvalue weighted by molar-refractivity contribution is -0.147. The Morgan fingerprint density at radius 3 is 2.68 bits per heavy atom. The Kier molecular flexibility index (Phi) is 7.59. The van der Waals surface area contributed by atoms with Crippen LogP contribution >= 0.6 is 0 Å². The first-order valence-corrected chi connectivity index (χ1v) is 10.4. The quantitative estimate of drug-likeness (QED) is 0.503. The minimum absolute atomic E-state index is 0.185. The lowest BCUT2D eigenvalue weighted by Gasteiger charge is -2.18. The van der Waals surface area contributed by atoms with Crippen LogP contribution in [0.5, 0.6) is 5.75 Å². The number of ether oxygens (including phenoxy) is 2. The van der Waals surface area contributed by atoms with E-state index in [2.05, 4.69) is 19.9 Å². The second-order valence-electron chi connectivity index (χ2n) is 7.20. The average molecular weight is 425 g/mol. The number of hydrogen-bond donors (Lipinski definition) is 1. The molecule has 0 radical (unpaired) electrons. The molecule has 0 aliphatic heterocycles. The van der Waals surface area contributed by atoms with E-state index in [1.165, 1.54) is 0 Å². The molecule has 0 fully saturated rings. The van der Waals surface area contributed by atoms with Crippen molar-refractivity contribution in [3.8, 4) is 5.75 Å². The zero-order chi connectivity index (χ0) is 22.2. The van der Waals surface area contributed by atoms with Crippen molar-refractivity contribution in [3.05, 3.63) is 54.1 Å². The van der Waals surface area contributed by atoms with Crippen molar-refractivity contribution in [3.63, 3.8) is 0 Å². The highest BCUT2D eigenvalue weighted by Crippen LogP contribution is 2.16. The number of rotatable bonds is 10. The van der Waals surface area contributed by atoms with Crippen molar-refractivity contribution in [2.75, 3.05) is 13.7 Å². The molecule has 1 amide bonds. The van der Waals surface area contributed by atoms with Gasteiger partial charge in [-0.05, 0) is 44.0 Å². The number of carbonyl (C=O) groups is 2. The highest BCUT2D eigenvalue weighted by Gasteiger charge is 2.22. The van der Waals surface area contributed by atoms with Crippen LogP contribution in [0, 0.1) is 6.92 Å². The maximum atomic E-state index is 12.6. The second-order valence-corrected chi connectivity index (χ2v) is 7.20. The molecule has 0 saturated heterocycles. The maximum absolute atomic E-state index is 12.6. The van der Waals surface area contributed by atoms with Crippen LogP contribution in [-0.2, 0) is 27.3 Å². The van der Waals surface area contributed by atoms with Crippen LogP contribution in [0.2, 0.25) is 0 Å². The lowest BCUT2D eigenvalue weighted by Crippen LogP contribution is -2.43. The van der Waals surface area contributed by atoms with E-state index in [9.17, 15) is 9.59 Å². The van der Waals surface area contributed by atoms with E-state index in [0.29, 0.717) is 25.8 Å². The third-order valence-corrected chi connectivity index (χ3v) is 5.03. The van der Waals surface area contributed by atoms with Gasteiger partial charge < -0.3 is 19.4 Å². The third kappa shape index (κ3) is 5.81. The van der Waals surface area contributed by atoms with E-state index in [4.69, 9.17) is 9.47 Å². The van der Waals surface area contributed by atoms with Gasteiger partial charge in [0.2, 0.25) is 5.91 Å². The smallest absolute Gasteiger partial charge is 0.328 e. The molecule has 1 aromatic carbocycles. The van der Waals surface area contributed by atoms with E-state index in [1.807, 2.05) is 37.3 Å². The van der Waals surface area contributed by atoms with E-state index in [0.717, 1.165) is 28.2 Å². The molecular weight excluding hydrogens is 396 g/mol. The number of fused-ring (bicyclic) bond motifs is 1. The predicted molar refractivity (Wildman–Crippen MR) is 117 cm³/mol. The zero-order valence-electron chi connectivity index (χ0n) is 18.1. The molecule has 0 bridgehead atoms. The topological polar surface area (TPSA) is 95.3 Å². The molecule has 0 aliphatic carbocycles. The number of aromatic nitrogens is 3. The summed E-state index contributed by atoms with van der Waals surface area (Å²) in [6.07, 6.45) is 4.73. The maximum Gasteiger partial charge on any atom is 0.328 e. The molecule has 1 N–H and O–H groups in total. The monoisotopic (exact) mass is 424 g/mol. The van der Waals surface area contributed by atoms with E-state index in [-0.39, 0.29) is 12.5 Å². The van der Waals surface area contributed by atoms with Crippen LogP contribution in [0.25, 0.3) is 11.0 Å². The largest absolute Gasteiger partial charge is 0.497 e. The number of methoxy groups -OCH3 is 1. The highest BCUT2D eigenvalue weighted by atomic mass is 16.5. The number of aryl methyl sites for hydroxylation is 2. The molecule has 164 valence electrons. The Bertz CT molecular complexity index is 1030. The van der Waals surface area contributed by atoms with Gasteiger partial charge in [-0.3, -0.25) is 9.78 Å².